The van der Waals surface area contributed by atoms with Gasteiger partial charge in [0.15, 0.2) is 0 Å². The number of benzene rings is 2. The second-order valence-corrected chi connectivity index (χ2v) is 9.29. The second-order valence-electron chi connectivity index (χ2n) is 9.29. The Morgan fingerprint density at radius 1 is 1.12 bits per heavy atom. The maximum atomic E-state index is 8.36. The molecule has 0 saturated heterocycles. The first-order valence-electron chi connectivity index (χ1n) is 14.7. The smallest absolute Gasteiger partial charge is 0.290 e. The Balaban J connectivity index is 0.00000110. The van der Waals surface area contributed by atoms with Crippen molar-refractivity contribution >= 4 is 17.8 Å². The Bertz CT molecular complexity index is 1200. The third-order valence-corrected chi connectivity index (χ3v) is 7.05. The van der Waals surface area contributed by atoms with E-state index in [2.05, 4.69) is 61.0 Å². The van der Waals surface area contributed by atoms with E-state index in [-0.39, 0.29) is 12.4 Å². The maximum absolute atomic E-state index is 8.36. The SMILES string of the molecule is CC.CC.CC[C@H](c1ccc(C)c(CN2CCOc3ccncc3C2)c1)c1ccc(N(N)CC)c(N)c1C.O=CO. The number of anilines is 2. The Kier molecular flexibility index (Phi) is 16.1. The zero-order chi connectivity index (χ0) is 30.9. The Hall–Kier alpha value is -3.62. The molecule has 8 nitrogen and oxygen atoms in total. The van der Waals surface area contributed by atoms with E-state index in [9.17, 15) is 0 Å². The number of aromatic nitrogens is 1. The topological polar surface area (TPSA) is 118 Å². The monoisotopic (exact) mass is 565 g/mol. The number of pyridine rings is 1. The fraction of sp³-hybridized carbons (Fsp3) is 0.455. The molecule has 1 aromatic heterocycles. The molecule has 3 aromatic rings. The van der Waals surface area contributed by atoms with Crippen molar-refractivity contribution in [1.29, 1.82) is 0 Å². The molecule has 0 amide bonds. The van der Waals surface area contributed by atoms with Gasteiger partial charge in [-0.3, -0.25) is 14.7 Å². The number of hydrogen-bond acceptors (Lipinski definition) is 7. The summed E-state index contributed by atoms with van der Waals surface area (Å²) >= 11 is 0. The molecule has 4 rings (SSSR count). The number of rotatable bonds is 7. The highest BCUT2D eigenvalue weighted by Crippen LogP contribution is 2.37. The molecule has 2 aromatic carbocycles. The van der Waals surface area contributed by atoms with Crippen molar-refractivity contribution in [1.82, 2.24) is 9.88 Å². The van der Waals surface area contributed by atoms with E-state index < -0.39 is 0 Å². The Labute approximate surface area is 247 Å². The summed E-state index contributed by atoms with van der Waals surface area (Å²) in [5.74, 6) is 7.36. The van der Waals surface area contributed by atoms with E-state index in [1.807, 2.05) is 46.9 Å². The van der Waals surface area contributed by atoms with Crippen molar-refractivity contribution in [3.63, 3.8) is 0 Å². The molecule has 0 spiro atoms. The minimum absolute atomic E-state index is 0.250. The van der Waals surface area contributed by atoms with Crippen LogP contribution in [0.5, 0.6) is 5.75 Å². The average molecular weight is 566 g/mol. The molecule has 2 heterocycles. The normalized spacial score (nSPS) is 12.8. The van der Waals surface area contributed by atoms with Gasteiger partial charge in [-0.05, 0) is 67.1 Å². The highest BCUT2D eigenvalue weighted by Gasteiger charge is 2.21. The van der Waals surface area contributed by atoms with Gasteiger partial charge < -0.3 is 20.6 Å². The lowest BCUT2D eigenvalue weighted by Crippen LogP contribution is -2.31. The van der Waals surface area contributed by atoms with E-state index in [0.717, 1.165) is 54.3 Å². The molecule has 41 heavy (non-hydrogen) atoms. The molecule has 0 unspecified atom stereocenters. The van der Waals surface area contributed by atoms with Crippen LogP contribution in [0.2, 0.25) is 0 Å². The first-order chi connectivity index (χ1) is 19.8. The van der Waals surface area contributed by atoms with E-state index in [0.29, 0.717) is 13.2 Å². The highest BCUT2D eigenvalue weighted by molar-refractivity contribution is 5.72. The predicted octanol–water partition coefficient (Wildman–Crippen LogP) is 6.67. The molecular formula is C33H51N5O3. The molecule has 5 N–H and O–H groups in total. The Morgan fingerprint density at radius 3 is 2.44 bits per heavy atom. The van der Waals surface area contributed by atoms with E-state index in [1.165, 1.54) is 22.3 Å². The minimum atomic E-state index is -0.250. The lowest BCUT2D eigenvalue weighted by Gasteiger charge is -2.26. The van der Waals surface area contributed by atoms with Gasteiger partial charge >= 0.3 is 0 Å². The summed E-state index contributed by atoms with van der Waals surface area (Å²) in [6, 6.07) is 13.1. The van der Waals surface area contributed by atoms with Crippen molar-refractivity contribution in [3.8, 4) is 5.75 Å². The van der Waals surface area contributed by atoms with Gasteiger partial charge in [0, 0.05) is 50.1 Å². The molecule has 0 radical (unpaired) electrons. The van der Waals surface area contributed by atoms with E-state index >= 15 is 0 Å². The highest BCUT2D eigenvalue weighted by atomic mass is 16.5. The van der Waals surface area contributed by atoms with Crippen molar-refractivity contribution in [3.05, 3.63) is 82.2 Å². The van der Waals surface area contributed by atoms with E-state index in [4.69, 9.17) is 26.2 Å². The van der Waals surface area contributed by atoms with Gasteiger partial charge in [0.25, 0.3) is 6.47 Å². The molecule has 1 atom stereocenters. The second kappa shape index (κ2) is 18.7. The van der Waals surface area contributed by atoms with Crippen LogP contribution in [0, 0.1) is 13.8 Å². The number of hydrazine groups is 1. The number of carbonyl (C=O) groups is 1. The maximum Gasteiger partial charge on any atom is 0.290 e. The summed E-state index contributed by atoms with van der Waals surface area (Å²) in [6.07, 6.45) is 4.71. The first kappa shape index (κ1) is 35.4. The van der Waals surface area contributed by atoms with Crippen molar-refractivity contribution in [2.45, 2.75) is 80.8 Å². The zero-order valence-electron chi connectivity index (χ0n) is 26.3. The van der Waals surface area contributed by atoms with Crippen LogP contribution >= 0.6 is 0 Å². The molecule has 0 bridgehead atoms. The quantitative estimate of drug-likeness (QED) is 0.126. The lowest BCUT2D eigenvalue weighted by atomic mass is 9.84. The summed E-state index contributed by atoms with van der Waals surface area (Å²) in [5.41, 5.74) is 15.7. The van der Waals surface area contributed by atoms with Crippen molar-refractivity contribution < 1.29 is 14.6 Å². The molecule has 0 aliphatic carbocycles. The van der Waals surface area contributed by atoms with Gasteiger partial charge in [-0.15, -0.1) is 0 Å². The molecule has 1 aliphatic rings. The van der Waals surface area contributed by atoms with Crippen LogP contribution in [0.1, 0.15) is 87.3 Å². The number of nitrogens with two attached hydrogens (primary N) is 2. The summed E-state index contributed by atoms with van der Waals surface area (Å²) in [6.45, 7) is 20.3. The van der Waals surface area contributed by atoms with Gasteiger partial charge in [0.2, 0.25) is 0 Å². The number of hydrogen-bond donors (Lipinski definition) is 3. The summed E-state index contributed by atoms with van der Waals surface area (Å²) < 4.78 is 5.94. The Morgan fingerprint density at radius 2 is 1.80 bits per heavy atom. The summed E-state index contributed by atoms with van der Waals surface area (Å²) in [4.78, 5) is 15.1. The number of carboxylic acid groups (broad SMARTS) is 1. The average Bonchev–Trinajstić information content (AvgIpc) is 3.21. The molecule has 0 saturated carbocycles. The largest absolute Gasteiger partial charge is 0.492 e. The lowest BCUT2D eigenvalue weighted by molar-refractivity contribution is -0.122. The fourth-order valence-electron chi connectivity index (χ4n) is 4.90. The molecule has 1 aliphatic heterocycles. The van der Waals surface area contributed by atoms with Crippen LogP contribution in [-0.2, 0) is 17.9 Å². The zero-order valence-corrected chi connectivity index (χ0v) is 26.3. The van der Waals surface area contributed by atoms with Crippen LogP contribution in [0.15, 0.2) is 48.8 Å². The van der Waals surface area contributed by atoms with Crippen molar-refractivity contribution in [2.24, 2.45) is 5.84 Å². The molecular weight excluding hydrogens is 514 g/mol. The molecule has 8 heteroatoms. The number of nitrogen functional groups attached to an aromatic ring is 1. The molecule has 0 fully saturated rings. The third-order valence-electron chi connectivity index (χ3n) is 7.05. The van der Waals surface area contributed by atoms with Crippen molar-refractivity contribution in [2.75, 3.05) is 30.4 Å². The third kappa shape index (κ3) is 9.47. The van der Waals surface area contributed by atoms with Crippen LogP contribution < -0.4 is 21.3 Å². The standard InChI is InChI=1S/C28H37N5O.2C2H6.CH2O2/c1-5-24(25-9-10-26(33(30)6-2)28(29)20(25)4)21-8-7-19(3)22(15-21)17-32-13-14-34-27-11-12-31-16-23(27)18-32;2*1-2;2-1-3/h7-12,15-16,24H,5-6,13-14,17-18,29-30H2,1-4H3;2*1-2H3;1H,(H,2,3)/t24-;;;/m1.../s1. The number of ether oxygens (including phenoxy) is 1. The van der Waals surface area contributed by atoms with Gasteiger partial charge in [-0.2, -0.15) is 0 Å². The minimum Gasteiger partial charge on any atom is -0.492 e. The van der Waals surface area contributed by atoms with Crippen LogP contribution in [0.25, 0.3) is 0 Å². The number of aryl methyl sites for hydroxylation is 1. The number of fused-ring (bicyclic) bond motifs is 1. The predicted molar refractivity (Wildman–Crippen MR) is 171 cm³/mol. The van der Waals surface area contributed by atoms with Gasteiger partial charge in [0.1, 0.15) is 12.4 Å². The van der Waals surface area contributed by atoms with Crippen LogP contribution in [0.3, 0.4) is 0 Å². The van der Waals surface area contributed by atoms with Crippen LogP contribution in [-0.4, -0.2) is 41.2 Å². The first-order valence-corrected chi connectivity index (χ1v) is 14.7. The van der Waals surface area contributed by atoms with Crippen LogP contribution in [0.4, 0.5) is 11.4 Å². The summed E-state index contributed by atoms with van der Waals surface area (Å²) in [7, 11) is 0. The van der Waals surface area contributed by atoms with E-state index in [1.54, 1.807) is 11.2 Å². The fourth-order valence-corrected chi connectivity index (χ4v) is 4.90. The summed E-state index contributed by atoms with van der Waals surface area (Å²) in [5, 5.41) is 8.59. The number of nitrogens with zero attached hydrogens (tertiary/aromatic N) is 3. The van der Waals surface area contributed by atoms with Gasteiger partial charge in [-0.1, -0.05) is 58.9 Å². The van der Waals surface area contributed by atoms with Gasteiger partial charge in [0.05, 0.1) is 11.4 Å². The molecule has 226 valence electrons. The van der Waals surface area contributed by atoms with Gasteiger partial charge in [-0.25, -0.2) is 5.84 Å².